The number of hydrogen-bond donors (Lipinski definition) is 1. The number of piperidine rings is 1. The minimum absolute atomic E-state index is 0.328. The van der Waals surface area contributed by atoms with Gasteiger partial charge in [0.1, 0.15) is 31.1 Å². The van der Waals surface area contributed by atoms with Gasteiger partial charge in [0, 0.05) is 19.6 Å². The molecule has 3 rings (SSSR count). The molecule has 1 saturated heterocycles. The van der Waals surface area contributed by atoms with Gasteiger partial charge < -0.3 is 14.7 Å². The lowest BCUT2D eigenvalue weighted by Gasteiger charge is -2.33. The minimum Gasteiger partial charge on any atom is -0.491 e. The van der Waals surface area contributed by atoms with E-state index in [1.807, 2.05) is 23.7 Å². The average molecular weight is 344 g/mol. The van der Waals surface area contributed by atoms with E-state index >= 15 is 0 Å². The molecule has 0 aliphatic carbocycles. The van der Waals surface area contributed by atoms with Gasteiger partial charge in [0.2, 0.25) is 0 Å². The summed E-state index contributed by atoms with van der Waals surface area (Å²) in [5.41, 5.74) is 2.33. The molecular formula is C19H28N4O2. The van der Waals surface area contributed by atoms with E-state index in [0.29, 0.717) is 19.1 Å². The Morgan fingerprint density at radius 1 is 1.36 bits per heavy atom. The molecule has 1 aliphatic heterocycles. The van der Waals surface area contributed by atoms with Gasteiger partial charge in [-0.1, -0.05) is 17.7 Å². The first-order valence-electron chi connectivity index (χ1n) is 9.03. The van der Waals surface area contributed by atoms with E-state index in [0.717, 1.165) is 37.4 Å². The van der Waals surface area contributed by atoms with Gasteiger partial charge in [-0.25, -0.2) is 4.98 Å². The van der Waals surface area contributed by atoms with Crippen LogP contribution in [0.15, 0.2) is 30.9 Å². The molecule has 1 aromatic heterocycles. The Kier molecular flexibility index (Phi) is 6.04. The lowest BCUT2D eigenvalue weighted by Crippen LogP contribution is -2.42. The Balaban J connectivity index is 1.44. The van der Waals surface area contributed by atoms with Gasteiger partial charge in [-0.2, -0.15) is 5.10 Å². The monoisotopic (exact) mass is 344 g/mol. The largest absolute Gasteiger partial charge is 0.491 e. The highest BCUT2D eigenvalue weighted by molar-refractivity contribution is 5.35. The molecule has 0 spiro atoms. The number of aliphatic hydroxyl groups excluding tert-OH is 1. The number of hydrogen-bond acceptors (Lipinski definition) is 5. The third kappa shape index (κ3) is 5.28. The lowest BCUT2D eigenvalue weighted by atomic mass is 9.98. The number of benzene rings is 1. The molecule has 2 atom stereocenters. The first kappa shape index (κ1) is 17.9. The van der Waals surface area contributed by atoms with Crippen LogP contribution in [0.4, 0.5) is 0 Å². The lowest BCUT2D eigenvalue weighted by molar-refractivity contribution is 0.0493. The highest BCUT2D eigenvalue weighted by Crippen LogP contribution is 2.20. The first-order chi connectivity index (χ1) is 12.1. The van der Waals surface area contributed by atoms with E-state index in [-0.39, 0.29) is 0 Å². The number of nitrogens with zero attached hydrogens (tertiary/aromatic N) is 4. The van der Waals surface area contributed by atoms with Crippen LogP contribution in [-0.2, 0) is 6.54 Å². The number of rotatable bonds is 7. The summed E-state index contributed by atoms with van der Waals surface area (Å²) in [5, 5.41) is 14.5. The van der Waals surface area contributed by atoms with Crippen molar-refractivity contribution in [3.05, 3.63) is 42.0 Å². The van der Waals surface area contributed by atoms with E-state index in [1.165, 1.54) is 12.0 Å². The van der Waals surface area contributed by atoms with Gasteiger partial charge in [0.05, 0.1) is 0 Å². The summed E-state index contributed by atoms with van der Waals surface area (Å²) in [5.74, 6) is 1.41. The second kappa shape index (κ2) is 8.45. The summed E-state index contributed by atoms with van der Waals surface area (Å²) in [6, 6.07) is 6.11. The minimum atomic E-state index is -0.481. The number of ether oxygens (including phenoxy) is 1. The molecule has 25 heavy (non-hydrogen) atoms. The topological polar surface area (TPSA) is 63.4 Å². The van der Waals surface area contributed by atoms with Crippen LogP contribution in [0, 0.1) is 19.8 Å². The molecule has 2 aromatic rings. The molecule has 0 amide bonds. The smallest absolute Gasteiger partial charge is 0.137 e. The van der Waals surface area contributed by atoms with E-state index < -0.39 is 6.10 Å². The molecule has 0 bridgehead atoms. The van der Waals surface area contributed by atoms with Crippen LogP contribution in [0.25, 0.3) is 0 Å². The third-order valence-corrected chi connectivity index (χ3v) is 4.75. The van der Waals surface area contributed by atoms with Crippen molar-refractivity contribution >= 4 is 0 Å². The molecule has 2 heterocycles. The molecule has 0 saturated carbocycles. The Bertz CT molecular complexity index is 659. The van der Waals surface area contributed by atoms with E-state index in [2.05, 4.69) is 28.0 Å². The number of aromatic nitrogens is 3. The van der Waals surface area contributed by atoms with Crippen LogP contribution in [0.5, 0.6) is 5.75 Å². The molecular weight excluding hydrogens is 316 g/mol. The van der Waals surface area contributed by atoms with Crippen molar-refractivity contribution in [1.29, 1.82) is 0 Å². The molecule has 1 N–H and O–H groups in total. The average Bonchev–Trinajstić information content (AvgIpc) is 3.07. The van der Waals surface area contributed by atoms with Crippen LogP contribution in [0.2, 0.25) is 0 Å². The van der Waals surface area contributed by atoms with Gasteiger partial charge in [-0.15, -0.1) is 0 Å². The summed E-state index contributed by atoms with van der Waals surface area (Å²) < 4.78 is 7.70. The first-order valence-corrected chi connectivity index (χ1v) is 9.03. The summed E-state index contributed by atoms with van der Waals surface area (Å²) in [4.78, 5) is 6.34. The zero-order valence-electron chi connectivity index (χ0n) is 15.1. The fourth-order valence-corrected chi connectivity index (χ4v) is 3.56. The van der Waals surface area contributed by atoms with Gasteiger partial charge in [0.25, 0.3) is 0 Å². The predicted octanol–water partition coefficient (Wildman–Crippen LogP) is 2.05. The van der Waals surface area contributed by atoms with Gasteiger partial charge in [-0.05, 0) is 50.8 Å². The van der Waals surface area contributed by atoms with Crippen molar-refractivity contribution in [3.63, 3.8) is 0 Å². The molecule has 1 aliphatic rings. The molecule has 136 valence electrons. The van der Waals surface area contributed by atoms with Crippen molar-refractivity contribution in [2.24, 2.45) is 5.92 Å². The Labute approximate surface area is 149 Å². The summed E-state index contributed by atoms with van der Waals surface area (Å²) in [6.07, 6.45) is 5.22. The van der Waals surface area contributed by atoms with Crippen molar-refractivity contribution < 1.29 is 9.84 Å². The van der Waals surface area contributed by atoms with Crippen LogP contribution in [-0.4, -0.2) is 57.1 Å². The maximum Gasteiger partial charge on any atom is 0.137 e. The molecule has 6 nitrogen and oxygen atoms in total. The summed E-state index contributed by atoms with van der Waals surface area (Å²) in [6.45, 7) is 8.00. The molecule has 1 fully saturated rings. The van der Waals surface area contributed by atoms with Crippen LogP contribution >= 0.6 is 0 Å². The Morgan fingerprint density at radius 2 is 2.24 bits per heavy atom. The molecule has 0 unspecified atom stereocenters. The number of aryl methyl sites for hydroxylation is 2. The van der Waals surface area contributed by atoms with Crippen LogP contribution in [0.3, 0.4) is 0 Å². The number of aliphatic hydroxyl groups is 1. The fraction of sp³-hybridized carbons (Fsp3) is 0.579. The van der Waals surface area contributed by atoms with Crippen molar-refractivity contribution in [2.45, 2.75) is 39.3 Å². The zero-order valence-corrected chi connectivity index (χ0v) is 15.1. The molecule has 6 heteroatoms. The summed E-state index contributed by atoms with van der Waals surface area (Å²) in [7, 11) is 0. The van der Waals surface area contributed by atoms with Crippen molar-refractivity contribution in [3.8, 4) is 5.75 Å². The SMILES string of the molecule is Cc1ccc(OC[C@@H](O)CN2CCC[C@H](Cn3cncn3)C2)c(C)c1. The molecule has 1 aromatic carbocycles. The fourth-order valence-electron chi connectivity index (χ4n) is 3.56. The second-order valence-electron chi connectivity index (χ2n) is 7.12. The van der Waals surface area contributed by atoms with E-state index in [9.17, 15) is 5.11 Å². The van der Waals surface area contributed by atoms with Crippen molar-refractivity contribution in [2.75, 3.05) is 26.2 Å². The third-order valence-electron chi connectivity index (χ3n) is 4.75. The van der Waals surface area contributed by atoms with Gasteiger partial charge >= 0.3 is 0 Å². The number of likely N-dealkylation sites (tertiary alicyclic amines) is 1. The number of β-amino-alcohol motifs (C(OH)–C–C–N with tert-alkyl or cyclic N) is 1. The Morgan fingerprint density at radius 3 is 3.00 bits per heavy atom. The van der Waals surface area contributed by atoms with E-state index in [4.69, 9.17) is 4.74 Å². The highest BCUT2D eigenvalue weighted by atomic mass is 16.5. The maximum atomic E-state index is 10.4. The zero-order chi connectivity index (χ0) is 17.6. The Hall–Kier alpha value is -1.92. The standard InChI is InChI=1S/C19H28N4O2/c1-15-5-6-19(16(2)8-15)25-12-18(24)11-22-7-3-4-17(9-22)10-23-14-20-13-21-23/h5-6,8,13-14,17-18,24H,3-4,7,9-12H2,1-2H3/t17-,18-/m0/s1. The normalized spacial score (nSPS) is 19.7. The second-order valence-corrected chi connectivity index (χ2v) is 7.12. The highest BCUT2D eigenvalue weighted by Gasteiger charge is 2.22. The van der Waals surface area contributed by atoms with Gasteiger partial charge in [-0.3, -0.25) is 4.68 Å². The summed E-state index contributed by atoms with van der Waals surface area (Å²) >= 11 is 0. The van der Waals surface area contributed by atoms with Crippen LogP contribution < -0.4 is 4.74 Å². The quantitative estimate of drug-likeness (QED) is 0.833. The maximum absolute atomic E-state index is 10.4. The van der Waals surface area contributed by atoms with Crippen LogP contribution in [0.1, 0.15) is 24.0 Å². The predicted molar refractivity (Wildman–Crippen MR) is 96.6 cm³/mol. The van der Waals surface area contributed by atoms with Gasteiger partial charge in [0.15, 0.2) is 0 Å². The molecule has 0 radical (unpaired) electrons. The van der Waals surface area contributed by atoms with Crippen molar-refractivity contribution in [1.82, 2.24) is 19.7 Å². The van der Waals surface area contributed by atoms with E-state index in [1.54, 1.807) is 12.7 Å².